The molecular weight excluding hydrogens is 517 g/mol. The fourth-order valence-corrected chi connectivity index (χ4v) is 3.79. The van der Waals surface area contributed by atoms with Crippen molar-refractivity contribution in [2.24, 2.45) is 4.99 Å². The van der Waals surface area contributed by atoms with E-state index in [1.807, 2.05) is 4.57 Å². The highest BCUT2D eigenvalue weighted by molar-refractivity contribution is 14.0. The summed E-state index contributed by atoms with van der Waals surface area (Å²) >= 11 is 0. The molecule has 9 heteroatoms. The number of rotatable bonds is 8. The minimum atomic E-state index is -0.0328. The number of carbonyl (C=O) groups excluding carboxylic acids is 1. The van der Waals surface area contributed by atoms with Crippen LogP contribution in [-0.4, -0.2) is 58.7 Å². The van der Waals surface area contributed by atoms with Crippen molar-refractivity contribution in [1.29, 1.82) is 0 Å². The molecule has 8 nitrogen and oxygen atoms in total. The van der Waals surface area contributed by atoms with Gasteiger partial charge in [0, 0.05) is 33.6 Å². The molecule has 1 unspecified atom stereocenters. The maximum atomic E-state index is 12.1. The van der Waals surface area contributed by atoms with Crippen molar-refractivity contribution in [3.05, 3.63) is 47.0 Å². The standard InChI is InChI=1S/C23H35N7O.HI/c1-5-21-28-26-16-30(21)13-12-24-23(25-15-22(31)29(3)4)27-17(2)19-11-10-18-8-6-7-9-20(18)14-19;/h10-11,14,16-17H,5-9,12-13,15H2,1-4H3,(H2,24,25,27);1H. The van der Waals surface area contributed by atoms with Crippen LogP contribution in [0.2, 0.25) is 0 Å². The Hall–Kier alpha value is -2.17. The van der Waals surface area contributed by atoms with Crippen LogP contribution in [0.3, 0.4) is 0 Å². The van der Waals surface area contributed by atoms with Gasteiger partial charge in [-0.2, -0.15) is 0 Å². The lowest BCUT2D eigenvalue weighted by molar-refractivity contribution is -0.127. The second-order valence-electron chi connectivity index (χ2n) is 8.28. The Morgan fingerprint density at radius 3 is 2.72 bits per heavy atom. The molecule has 2 aromatic rings. The lowest BCUT2D eigenvalue weighted by atomic mass is 9.89. The monoisotopic (exact) mass is 553 g/mol. The number of aromatic nitrogens is 3. The summed E-state index contributed by atoms with van der Waals surface area (Å²) in [5.74, 6) is 1.56. The van der Waals surface area contributed by atoms with Gasteiger partial charge < -0.3 is 20.1 Å². The minimum absolute atomic E-state index is 0. The van der Waals surface area contributed by atoms with E-state index in [9.17, 15) is 4.79 Å². The smallest absolute Gasteiger partial charge is 0.243 e. The van der Waals surface area contributed by atoms with Crippen LogP contribution in [0.15, 0.2) is 29.5 Å². The topological polar surface area (TPSA) is 87.4 Å². The van der Waals surface area contributed by atoms with Gasteiger partial charge in [-0.1, -0.05) is 25.1 Å². The van der Waals surface area contributed by atoms with Crippen molar-refractivity contribution in [3.8, 4) is 0 Å². The zero-order chi connectivity index (χ0) is 22.2. The van der Waals surface area contributed by atoms with Gasteiger partial charge in [0.05, 0.1) is 6.04 Å². The molecule has 0 aliphatic heterocycles. The predicted molar refractivity (Wildman–Crippen MR) is 138 cm³/mol. The van der Waals surface area contributed by atoms with Crippen molar-refractivity contribution in [3.63, 3.8) is 0 Å². The van der Waals surface area contributed by atoms with Crippen LogP contribution < -0.4 is 10.6 Å². The van der Waals surface area contributed by atoms with Crippen LogP contribution in [0.4, 0.5) is 0 Å². The molecule has 1 aliphatic rings. The van der Waals surface area contributed by atoms with E-state index < -0.39 is 0 Å². The molecule has 1 aliphatic carbocycles. The Balaban J connectivity index is 0.00000363. The number of aryl methyl sites for hydroxylation is 3. The number of guanidine groups is 1. The number of carbonyl (C=O) groups is 1. The lowest BCUT2D eigenvalue weighted by Gasteiger charge is -2.22. The highest BCUT2D eigenvalue weighted by atomic mass is 127. The molecule has 0 spiro atoms. The average molecular weight is 553 g/mol. The van der Waals surface area contributed by atoms with Crippen LogP contribution in [0, 0.1) is 0 Å². The van der Waals surface area contributed by atoms with Gasteiger partial charge in [0.1, 0.15) is 18.7 Å². The number of nitrogens with one attached hydrogen (secondary N) is 2. The fraction of sp³-hybridized carbons (Fsp3) is 0.565. The number of halogens is 1. The van der Waals surface area contributed by atoms with Gasteiger partial charge >= 0.3 is 0 Å². The largest absolute Gasteiger partial charge is 0.355 e. The molecule has 32 heavy (non-hydrogen) atoms. The SMILES string of the molecule is CCc1nncn1CCNC(=NCC(=O)N(C)C)NC(C)c1ccc2c(c1)CCCC2.I. The quantitative estimate of drug-likeness (QED) is 0.298. The summed E-state index contributed by atoms with van der Waals surface area (Å²) in [4.78, 5) is 18.1. The van der Waals surface area contributed by atoms with Gasteiger partial charge in [-0.25, -0.2) is 4.99 Å². The molecule has 1 atom stereocenters. The summed E-state index contributed by atoms with van der Waals surface area (Å²) in [6.45, 7) is 5.68. The van der Waals surface area contributed by atoms with Gasteiger partial charge in [-0.05, 0) is 49.3 Å². The second kappa shape index (κ2) is 12.8. The highest BCUT2D eigenvalue weighted by Crippen LogP contribution is 2.24. The summed E-state index contributed by atoms with van der Waals surface area (Å²) in [5, 5.41) is 14.9. The molecule has 176 valence electrons. The number of amides is 1. The Morgan fingerprint density at radius 2 is 2.00 bits per heavy atom. The molecule has 1 heterocycles. The maximum Gasteiger partial charge on any atom is 0.243 e. The summed E-state index contributed by atoms with van der Waals surface area (Å²) in [6, 6.07) is 6.86. The first kappa shape index (κ1) is 26.1. The number of hydrogen-bond donors (Lipinski definition) is 2. The first-order valence-electron chi connectivity index (χ1n) is 11.2. The van der Waals surface area contributed by atoms with E-state index in [2.05, 4.69) is 57.9 Å². The van der Waals surface area contributed by atoms with Crippen LogP contribution in [0.25, 0.3) is 0 Å². The Bertz CT molecular complexity index is 909. The zero-order valence-electron chi connectivity index (χ0n) is 19.6. The van der Waals surface area contributed by atoms with E-state index in [0.717, 1.165) is 25.2 Å². The predicted octanol–water partition coefficient (Wildman–Crippen LogP) is 2.72. The summed E-state index contributed by atoms with van der Waals surface area (Å²) in [7, 11) is 3.49. The van der Waals surface area contributed by atoms with Crippen molar-refractivity contribution < 1.29 is 4.79 Å². The third-order valence-electron chi connectivity index (χ3n) is 5.75. The maximum absolute atomic E-state index is 12.1. The Kier molecular flexibility index (Phi) is 10.4. The first-order chi connectivity index (χ1) is 15.0. The fourth-order valence-electron chi connectivity index (χ4n) is 3.79. The van der Waals surface area contributed by atoms with Crippen LogP contribution in [-0.2, 0) is 30.6 Å². The van der Waals surface area contributed by atoms with Gasteiger partial charge in [-0.3, -0.25) is 4.79 Å². The molecule has 0 saturated carbocycles. The van der Waals surface area contributed by atoms with Gasteiger partial charge in [0.2, 0.25) is 5.91 Å². The number of benzene rings is 1. The molecule has 1 amide bonds. The van der Waals surface area contributed by atoms with Crippen LogP contribution >= 0.6 is 24.0 Å². The molecule has 0 fully saturated rings. The normalized spacial score (nSPS) is 14.2. The van der Waals surface area contributed by atoms with Crippen LogP contribution in [0.1, 0.15) is 55.2 Å². The third kappa shape index (κ3) is 7.18. The molecular formula is C23H36IN7O. The van der Waals surface area contributed by atoms with E-state index in [1.54, 1.807) is 25.3 Å². The summed E-state index contributed by atoms with van der Waals surface area (Å²) < 4.78 is 2.03. The second-order valence-corrected chi connectivity index (χ2v) is 8.28. The van der Waals surface area contributed by atoms with Crippen LogP contribution in [0.5, 0.6) is 0 Å². The highest BCUT2D eigenvalue weighted by Gasteiger charge is 2.14. The van der Waals surface area contributed by atoms with Crippen molar-refractivity contribution >= 4 is 35.8 Å². The number of likely N-dealkylation sites (N-methyl/N-ethyl adjacent to an activating group) is 1. The van der Waals surface area contributed by atoms with E-state index in [4.69, 9.17) is 0 Å². The van der Waals surface area contributed by atoms with Crippen molar-refractivity contribution in [1.82, 2.24) is 30.3 Å². The van der Waals surface area contributed by atoms with E-state index in [1.165, 1.54) is 36.0 Å². The number of fused-ring (bicyclic) bond motifs is 1. The average Bonchev–Trinajstić information content (AvgIpc) is 3.24. The lowest BCUT2D eigenvalue weighted by Crippen LogP contribution is -2.41. The van der Waals surface area contributed by atoms with E-state index >= 15 is 0 Å². The zero-order valence-corrected chi connectivity index (χ0v) is 21.9. The molecule has 0 bridgehead atoms. The Morgan fingerprint density at radius 1 is 1.25 bits per heavy atom. The van der Waals surface area contributed by atoms with Crippen molar-refractivity contribution in [2.45, 2.75) is 58.5 Å². The Labute approximate surface area is 208 Å². The third-order valence-corrected chi connectivity index (χ3v) is 5.75. The molecule has 3 rings (SSSR count). The molecule has 1 aromatic carbocycles. The summed E-state index contributed by atoms with van der Waals surface area (Å²) in [5.41, 5.74) is 4.18. The number of hydrogen-bond acceptors (Lipinski definition) is 4. The summed E-state index contributed by atoms with van der Waals surface area (Å²) in [6.07, 6.45) is 7.48. The van der Waals surface area contributed by atoms with Gasteiger partial charge in [0.15, 0.2) is 5.96 Å². The van der Waals surface area contributed by atoms with E-state index in [-0.39, 0.29) is 42.5 Å². The first-order valence-corrected chi connectivity index (χ1v) is 11.2. The number of aliphatic imine (C=N–C) groups is 1. The van der Waals surface area contributed by atoms with Gasteiger partial charge in [0.25, 0.3) is 0 Å². The van der Waals surface area contributed by atoms with E-state index in [0.29, 0.717) is 12.5 Å². The molecule has 1 aromatic heterocycles. The van der Waals surface area contributed by atoms with Gasteiger partial charge in [-0.15, -0.1) is 34.2 Å². The molecule has 0 radical (unpaired) electrons. The molecule has 2 N–H and O–H groups in total. The van der Waals surface area contributed by atoms with Crippen molar-refractivity contribution in [2.75, 3.05) is 27.2 Å². The number of nitrogens with zero attached hydrogens (tertiary/aromatic N) is 5. The minimum Gasteiger partial charge on any atom is -0.355 e. The molecule has 0 saturated heterocycles.